The molecule has 4 N–H and O–H groups in total. The lowest BCUT2D eigenvalue weighted by Gasteiger charge is -2.19. The molecule has 0 radical (unpaired) electrons. The Balaban J connectivity index is 3.46. The molecule has 0 aliphatic carbocycles. The Kier molecular flexibility index (Phi) is 8.88. The predicted octanol–water partition coefficient (Wildman–Crippen LogP) is -0.158. The number of unbranched alkanes of at least 4 members (excludes halogenated alkanes) is 1. The van der Waals surface area contributed by atoms with Crippen molar-refractivity contribution in [2.75, 3.05) is 33.9 Å². The molecule has 96 valence electrons. The Labute approximate surface area is 96.7 Å². The van der Waals surface area contributed by atoms with E-state index in [4.69, 9.17) is 15.7 Å². The van der Waals surface area contributed by atoms with Crippen LogP contribution in [0, 0.1) is 0 Å². The monoisotopic (exact) mass is 233 g/mol. The number of hydrogen-bond donors (Lipinski definition) is 3. The highest BCUT2D eigenvalue weighted by molar-refractivity contribution is 5.79. The van der Waals surface area contributed by atoms with E-state index < -0.39 is 6.10 Å². The van der Waals surface area contributed by atoms with Gasteiger partial charge in [-0.25, -0.2) is 0 Å². The second-order valence-electron chi connectivity index (χ2n) is 3.92. The van der Waals surface area contributed by atoms with Crippen molar-refractivity contribution in [3.05, 3.63) is 0 Å². The molecule has 0 saturated heterocycles. The smallest absolute Gasteiger partial charge is 0.139 e. The predicted molar refractivity (Wildman–Crippen MR) is 62.6 cm³/mol. The topological polar surface area (TPSA) is 91.3 Å². The van der Waals surface area contributed by atoms with Gasteiger partial charge >= 0.3 is 0 Å². The van der Waals surface area contributed by atoms with Crippen LogP contribution >= 0.6 is 0 Å². The number of nitrogens with two attached hydrogens (primary N) is 1. The third kappa shape index (κ3) is 8.46. The molecular weight excluding hydrogens is 210 g/mol. The maximum Gasteiger partial charge on any atom is 0.139 e. The van der Waals surface area contributed by atoms with E-state index in [9.17, 15) is 5.11 Å². The Morgan fingerprint density at radius 1 is 1.50 bits per heavy atom. The maximum absolute atomic E-state index is 9.46. The SMILES string of the molecule is COCC(O)CN(C)CCCCC(N)=NO. The van der Waals surface area contributed by atoms with Crippen LogP contribution in [0.1, 0.15) is 19.3 Å². The van der Waals surface area contributed by atoms with Gasteiger partial charge in [0.25, 0.3) is 0 Å². The Morgan fingerprint density at radius 3 is 2.75 bits per heavy atom. The zero-order chi connectivity index (χ0) is 12.4. The third-order valence-electron chi connectivity index (χ3n) is 2.23. The third-order valence-corrected chi connectivity index (χ3v) is 2.23. The van der Waals surface area contributed by atoms with Gasteiger partial charge in [0, 0.05) is 20.1 Å². The minimum absolute atomic E-state index is 0.266. The number of amidine groups is 1. The van der Waals surface area contributed by atoms with Crippen molar-refractivity contribution in [2.24, 2.45) is 10.9 Å². The van der Waals surface area contributed by atoms with Crippen LogP contribution in [0.5, 0.6) is 0 Å². The molecule has 0 spiro atoms. The van der Waals surface area contributed by atoms with Gasteiger partial charge in [-0.3, -0.25) is 0 Å². The van der Waals surface area contributed by atoms with E-state index in [-0.39, 0.29) is 5.84 Å². The summed E-state index contributed by atoms with van der Waals surface area (Å²) in [5.74, 6) is 0.266. The summed E-state index contributed by atoms with van der Waals surface area (Å²) in [7, 11) is 3.52. The number of oxime groups is 1. The first-order valence-corrected chi connectivity index (χ1v) is 5.42. The summed E-state index contributed by atoms with van der Waals surface area (Å²) in [6.45, 7) is 1.82. The molecule has 6 heteroatoms. The summed E-state index contributed by atoms with van der Waals surface area (Å²) >= 11 is 0. The Hall–Kier alpha value is -0.850. The van der Waals surface area contributed by atoms with Crippen LogP contribution in [0.25, 0.3) is 0 Å². The highest BCUT2D eigenvalue weighted by Gasteiger charge is 2.07. The highest BCUT2D eigenvalue weighted by atomic mass is 16.5. The number of nitrogens with zero attached hydrogens (tertiary/aromatic N) is 2. The number of methoxy groups -OCH3 is 1. The summed E-state index contributed by atoms with van der Waals surface area (Å²) in [6.07, 6.45) is 1.98. The number of likely N-dealkylation sites (N-methyl/N-ethyl adjacent to an activating group) is 1. The van der Waals surface area contributed by atoms with Crippen molar-refractivity contribution in [2.45, 2.75) is 25.4 Å². The van der Waals surface area contributed by atoms with E-state index in [0.717, 1.165) is 19.4 Å². The van der Waals surface area contributed by atoms with E-state index in [1.165, 1.54) is 0 Å². The summed E-state index contributed by atoms with van der Waals surface area (Å²) in [5.41, 5.74) is 5.34. The molecule has 0 rings (SSSR count). The van der Waals surface area contributed by atoms with Crippen molar-refractivity contribution >= 4 is 5.84 Å². The molecule has 0 aliphatic heterocycles. The highest BCUT2D eigenvalue weighted by Crippen LogP contribution is 1.98. The van der Waals surface area contributed by atoms with Crippen LogP contribution in [0.3, 0.4) is 0 Å². The molecule has 0 aromatic carbocycles. The van der Waals surface area contributed by atoms with Gasteiger partial charge in [-0.05, 0) is 26.4 Å². The largest absolute Gasteiger partial charge is 0.409 e. The fourth-order valence-electron chi connectivity index (χ4n) is 1.43. The molecule has 16 heavy (non-hydrogen) atoms. The number of aliphatic hydroxyl groups is 1. The fourth-order valence-corrected chi connectivity index (χ4v) is 1.43. The first-order valence-electron chi connectivity index (χ1n) is 5.42. The summed E-state index contributed by atoms with van der Waals surface area (Å²) < 4.78 is 4.84. The van der Waals surface area contributed by atoms with Crippen molar-refractivity contribution < 1.29 is 15.1 Å². The summed E-state index contributed by atoms with van der Waals surface area (Å²) in [6, 6.07) is 0. The quantitative estimate of drug-likeness (QED) is 0.169. The molecule has 0 amide bonds. The molecule has 0 aromatic rings. The molecule has 0 saturated carbocycles. The van der Waals surface area contributed by atoms with E-state index in [0.29, 0.717) is 19.6 Å². The van der Waals surface area contributed by atoms with Gasteiger partial charge in [0.2, 0.25) is 0 Å². The molecule has 6 nitrogen and oxygen atoms in total. The lowest BCUT2D eigenvalue weighted by atomic mass is 10.2. The molecule has 0 aliphatic rings. The summed E-state index contributed by atoms with van der Waals surface area (Å²) in [4.78, 5) is 2.04. The van der Waals surface area contributed by atoms with E-state index in [1.807, 2.05) is 11.9 Å². The first kappa shape index (κ1) is 15.2. The molecule has 0 fully saturated rings. The second-order valence-corrected chi connectivity index (χ2v) is 3.92. The van der Waals surface area contributed by atoms with Crippen molar-refractivity contribution in [3.63, 3.8) is 0 Å². The van der Waals surface area contributed by atoms with Gasteiger partial charge in [0.15, 0.2) is 0 Å². The van der Waals surface area contributed by atoms with Crippen LogP contribution < -0.4 is 5.73 Å². The minimum Gasteiger partial charge on any atom is -0.409 e. The number of ether oxygens (including phenoxy) is 1. The van der Waals surface area contributed by atoms with Gasteiger partial charge in [0.05, 0.1) is 12.7 Å². The molecule has 1 unspecified atom stereocenters. The lowest BCUT2D eigenvalue weighted by molar-refractivity contribution is 0.0430. The Bertz CT molecular complexity index is 200. The van der Waals surface area contributed by atoms with Gasteiger partial charge in [-0.2, -0.15) is 0 Å². The number of hydrogen-bond acceptors (Lipinski definition) is 5. The first-order chi connectivity index (χ1) is 7.60. The zero-order valence-electron chi connectivity index (χ0n) is 10.1. The summed E-state index contributed by atoms with van der Waals surface area (Å²) in [5, 5.41) is 20.7. The van der Waals surface area contributed by atoms with Crippen LogP contribution in [0.4, 0.5) is 0 Å². The van der Waals surface area contributed by atoms with E-state index in [2.05, 4.69) is 5.16 Å². The molecule has 0 aromatic heterocycles. The second kappa shape index (κ2) is 9.38. The van der Waals surface area contributed by atoms with Crippen LogP contribution in [-0.2, 0) is 4.74 Å². The molecule has 0 heterocycles. The average Bonchev–Trinajstić information content (AvgIpc) is 2.24. The van der Waals surface area contributed by atoms with Gasteiger partial charge < -0.3 is 25.7 Å². The maximum atomic E-state index is 9.46. The minimum atomic E-state index is -0.445. The van der Waals surface area contributed by atoms with E-state index in [1.54, 1.807) is 7.11 Å². The lowest BCUT2D eigenvalue weighted by Crippen LogP contribution is -2.32. The molecular formula is C10H23N3O3. The zero-order valence-corrected chi connectivity index (χ0v) is 10.1. The van der Waals surface area contributed by atoms with Crippen molar-refractivity contribution in [3.8, 4) is 0 Å². The fraction of sp³-hybridized carbons (Fsp3) is 0.900. The van der Waals surface area contributed by atoms with Crippen molar-refractivity contribution in [1.82, 2.24) is 4.90 Å². The van der Waals surface area contributed by atoms with Crippen LogP contribution in [-0.4, -0.2) is 61.0 Å². The van der Waals surface area contributed by atoms with E-state index >= 15 is 0 Å². The van der Waals surface area contributed by atoms with Gasteiger partial charge in [-0.15, -0.1) is 0 Å². The van der Waals surface area contributed by atoms with Gasteiger partial charge in [0.1, 0.15) is 5.84 Å². The number of aliphatic hydroxyl groups excluding tert-OH is 1. The van der Waals surface area contributed by atoms with Gasteiger partial charge in [-0.1, -0.05) is 5.16 Å². The molecule has 1 atom stereocenters. The normalized spacial score (nSPS) is 14.4. The number of rotatable bonds is 9. The average molecular weight is 233 g/mol. The Morgan fingerprint density at radius 2 is 2.19 bits per heavy atom. The van der Waals surface area contributed by atoms with Crippen molar-refractivity contribution in [1.29, 1.82) is 0 Å². The standard InChI is InChI=1S/C10H23N3O3/c1-13(7-9(14)8-16-2)6-4-3-5-10(11)12-15/h9,14-15H,3-8H2,1-2H3,(H2,11,12). The molecule has 0 bridgehead atoms. The van der Waals surface area contributed by atoms with Crippen LogP contribution in [0.15, 0.2) is 5.16 Å². The van der Waals surface area contributed by atoms with Crippen LogP contribution in [0.2, 0.25) is 0 Å².